The van der Waals surface area contributed by atoms with E-state index in [4.69, 9.17) is 5.73 Å². The number of halogens is 1. The van der Waals surface area contributed by atoms with E-state index in [-0.39, 0.29) is 23.7 Å². The number of benzene rings is 1. The predicted molar refractivity (Wildman–Crippen MR) is 70.4 cm³/mol. The third-order valence-corrected chi connectivity index (χ3v) is 3.11. The summed E-state index contributed by atoms with van der Waals surface area (Å²) < 4.78 is 13.1. The lowest BCUT2D eigenvalue weighted by Gasteiger charge is -2.17. The normalized spacial score (nSPS) is 14.0. The Balaban J connectivity index is 2.54. The third-order valence-electron chi connectivity index (χ3n) is 3.11. The molecule has 1 aromatic carbocycles. The van der Waals surface area contributed by atoms with Crippen LogP contribution in [-0.4, -0.2) is 12.5 Å². The highest BCUT2D eigenvalue weighted by atomic mass is 19.1. The Morgan fingerprint density at radius 3 is 2.78 bits per heavy atom. The van der Waals surface area contributed by atoms with Crippen molar-refractivity contribution in [2.75, 3.05) is 6.54 Å². The van der Waals surface area contributed by atoms with Crippen molar-refractivity contribution in [3.05, 3.63) is 35.6 Å². The molecule has 1 aromatic rings. The van der Waals surface area contributed by atoms with Crippen molar-refractivity contribution in [3.8, 4) is 0 Å². The first-order valence-electron chi connectivity index (χ1n) is 6.31. The molecular weight excluding hydrogens is 231 g/mol. The summed E-state index contributed by atoms with van der Waals surface area (Å²) in [5.41, 5.74) is 6.33. The number of nitrogens with two attached hydrogens (primary N) is 1. The van der Waals surface area contributed by atoms with Crippen LogP contribution in [0, 0.1) is 11.7 Å². The zero-order valence-corrected chi connectivity index (χ0v) is 10.9. The third kappa shape index (κ3) is 4.45. The highest BCUT2D eigenvalue weighted by molar-refractivity contribution is 5.76. The second-order valence-corrected chi connectivity index (χ2v) is 4.56. The molecule has 100 valence electrons. The Morgan fingerprint density at radius 1 is 1.50 bits per heavy atom. The average Bonchev–Trinajstić information content (AvgIpc) is 2.35. The van der Waals surface area contributed by atoms with Gasteiger partial charge in [0, 0.05) is 6.42 Å². The maximum Gasteiger partial charge on any atom is 0.220 e. The minimum Gasteiger partial charge on any atom is -0.350 e. The lowest BCUT2D eigenvalue weighted by Crippen LogP contribution is -2.30. The fourth-order valence-corrected chi connectivity index (χ4v) is 1.82. The minimum absolute atomic E-state index is 0.0379. The molecule has 1 unspecified atom stereocenters. The molecule has 1 amide bonds. The number of hydrogen-bond donors (Lipinski definition) is 2. The fourth-order valence-electron chi connectivity index (χ4n) is 1.82. The van der Waals surface area contributed by atoms with Gasteiger partial charge in [-0.25, -0.2) is 4.39 Å². The number of carbonyl (C=O) groups is 1. The largest absolute Gasteiger partial charge is 0.350 e. The first kappa shape index (κ1) is 14.6. The van der Waals surface area contributed by atoms with Crippen molar-refractivity contribution in [2.24, 2.45) is 11.7 Å². The molecule has 2 atom stereocenters. The van der Waals surface area contributed by atoms with E-state index in [2.05, 4.69) is 5.32 Å². The number of rotatable bonds is 6. The van der Waals surface area contributed by atoms with Gasteiger partial charge < -0.3 is 11.1 Å². The van der Waals surface area contributed by atoms with E-state index in [0.29, 0.717) is 13.0 Å². The summed E-state index contributed by atoms with van der Waals surface area (Å²) in [6.45, 7) is 4.37. The summed E-state index contributed by atoms with van der Waals surface area (Å²) in [6, 6.07) is 6.07. The van der Waals surface area contributed by atoms with Crippen LogP contribution in [0.1, 0.15) is 38.3 Å². The van der Waals surface area contributed by atoms with Gasteiger partial charge in [0.1, 0.15) is 5.82 Å². The van der Waals surface area contributed by atoms with Crippen LogP contribution in [0.15, 0.2) is 24.3 Å². The second-order valence-electron chi connectivity index (χ2n) is 4.56. The van der Waals surface area contributed by atoms with Crippen LogP contribution in [-0.2, 0) is 4.79 Å². The van der Waals surface area contributed by atoms with Crippen LogP contribution in [0.5, 0.6) is 0 Å². The maximum absolute atomic E-state index is 13.1. The number of hydrogen-bond acceptors (Lipinski definition) is 2. The van der Waals surface area contributed by atoms with Crippen LogP contribution in [0.25, 0.3) is 0 Å². The van der Waals surface area contributed by atoms with E-state index in [1.807, 2.05) is 13.8 Å². The second kappa shape index (κ2) is 7.11. The molecule has 4 heteroatoms. The summed E-state index contributed by atoms with van der Waals surface area (Å²) in [7, 11) is 0. The summed E-state index contributed by atoms with van der Waals surface area (Å²) in [5, 5.41) is 2.86. The van der Waals surface area contributed by atoms with Gasteiger partial charge in [0.05, 0.1) is 6.04 Å². The van der Waals surface area contributed by atoms with E-state index >= 15 is 0 Å². The minimum atomic E-state index is -0.290. The zero-order chi connectivity index (χ0) is 13.5. The van der Waals surface area contributed by atoms with Gasteiger partial charge in [-0.1, -0.05) is 25.5 Å². The average molecular weight is 252 g/mol. The Morgan fingerprint density at radius 2 is 2.22 bits per heavy atom. The molecule has 0 saturated carbocycles. The van der Waals surface area contributed by atoms with E-state index in [1.54, 1.807) is 12.1 Å². The van der Waals surface area contributed by atoms with Crippen LogP contribution < -0.4 is 11.1 Å². The molecule has 0 bridgehead atoms. The van der Waals surface area contributed by atoms with Crippen LogP contribution in [0.2, 0.25) is 0 Å². The molecular formula is C14H21FN2O. The van der Waals surface area contributed by atoms with Crippen molar-refractivity contribution in [2.45, 2.75) is 32.7 Å². The maximum atomic E-state index is 13.1. The Hall–Kier alpha value is -1.42. The molecule has 0 aliphatic heterocycles. The lowest BCUT2D eigenvalue weighted by molar-refractivity contribution is -0.122. The van der Waals surface area contributed by atoms with Gasteiger partial charge in [-0.3, -0.25) is 4.79 Å². The van der Waals surface area contributed by atoms with E-state index < -0.39 is 0 Å². The SMILES string of the molecule is CCC(CN)CC(=O)N[C@@H](C)c1cccc(F)c1. The quantitative estimate of drug-likeness (QED) is 0.816. The van der Waals surface area contributed by atoms with Crippen molar-refractivity contribution in [3.63, 3.8) is 0 Å². The first-order valence-corrected chi connectivity index (χ1v) is 6.31. The molecule has 0 spiro atoms. The smallest absolute Gasteiger partial charge is 0.220 e. The molecule has 1 rings (SSSR count). The van der Waals surface area contributed by atoms with Crippen molar-refractivity contribution < 1.29 is 9.18 Å². The Kier molecular flexibility index (Phi) is 5.78. The molecule has 0 radical (unpaired) electrons. The van der Waals surface area contributed by atoms with E-state index in [1.165, 1.54) is 12.1 Å². The van der Waals surface area contributed by atoms with Gasteiger partial charge in [0.15, 0.2) is 0 Å². The molecule has 0 heterocycles. The van der Waals surface area contributed by atoms with Crippen molar-refractivity contribution in [1.29, 1.82) is 0 Å². The Bertz CT molecular complexity index is 391. The van der Waals surface area contributed by atoms with Crippen LogP contribution in [0.3, 0.4) is 0 Å². The molecule has 0 saturated heterocycles. The van der Waals surface area contributed by atoms with Gasteiger partial charge in [0.2, 0.25) is 5.91 Å². The summed E-state index contributed by atoms with van der Waals surface area (Å²) in [5.74, 6) is -0.115. The lowest BCUT2D eigenvalue weighted by atomic mass is 10.0. The number of nitrogens with one attached hydrogen (secondary N) is 1. The van der Waals surface area contributed by atoms with Crippen molar-refractivity contribution in [1.82, 2.24) is 5.32 Å². The molecule has 3 nitrogen and oxygen atoms in total. The number of amides is 1. The summed E-state index contributed by atoms with van der Waals surface area (Å²) >= 11 is 0. The molecule has 0 aromatic heterocycles. The van der Waals surface area contributed by atoms with Gasteiger partial charge in [-0.15, -0.1) is 0 Å². The summed E-state index contributed by atoms with van der Waals surface area (Å²) in [4.78, 5) is 11.8. The number of carbonyl (C=O) groups excluding carboxylic acids is 1. The van der Waals surface area contributed by atoms with E-state index in [0.717, 1.165) is 12.0 Å². The molecule has 3 N–H and O–H groups in total. The van der Waals surface area contributed by atoms with Gasteiger partial charge in [-0.2, -0.15) is 0 Å². The highest BCUT2D eigenvalue weighted by Crippen LogP contribution is 2.14. The molecule has 0 aliphatic carbocycles. The molecule has 18 heavy (non-hydrogen) atoms. The van der Waals surface area contributed by atoms with Crippen molar-refractivity contribution >= 4 is 5.91 Å². The summed E-state index contributed by atoms with van der Waals surface area (Å²) in [6.07, 6.45) is 1.31. The molecule has 0 aliphatic rings. The van der Waals surface area contributed by atoms with Gasteiger partial charge in [-0.05, 0) is 37.1 Å². The monoisotopic (exact) mass is 252 g/mol. The topological polar surface area (TPSA) is 55.1 Å². The fraction of sp³-hybridized carbons (Fsp3) is 0.500. The van der Waals surface area contributed by atoms with Gasteiger partial charge >= 0.3 is 0 Å². The highest BCUT2D eigenvalue weighted by Gasteiger charge is 2.14. The Labute approximate surface area is 108 Å². The van der Waals surface area contributed by atoms with Crippen LogP contribution >= 0.6 is 0 Å². The standard InChI is InChI=1S/C14H21FN2O/c1-3-11(9-16)7-14(18)17-10(2)12-5-4-6-13(15)8-12/h4-6,8,10-11H,3,7,9,16H2,1-2H3,(H,17,18)/t10-,11?/m0/s1. The first-order chi connectivity index (χ1) is 8.56. The van der Waals surface area contributed by atoms with Gasteiger partial charge in [0.25, 0.3) is 0 Å². The molecule has 0 fully saturated rings. The zero-order valence-electron chi connectivity index (χ0n) is 10.9. The van der Waals surface area contributed by atoms with E-state index in [9.17, 15) is 9.18 Å². The van der Waals surface area contributed by atoms with Crippen LogP contribution in [0.4, 0.5) is 4.39 Å². The predicted octanol–water partition coefficient (Wildman–Crippen LogP) is 2.38.